The largest absolute Gasteiger partial charge is 0.481 e. The third-order valence-electron chi connectivity index (χ3n) is 3.26. The number of nitrogens with zero attached hydrogens (tertiary/aromatic N) is 1. The molecule has 0 bridgehead atoms. The van der Waals surface area contributed by atoms with Gasteiger partial charge < -0.3 is 10.0 Å². The zero-order valence-electron chi connectivity index (χ0n) is 9.93. The van der Waals surface area contributed by atoms with Crippen molar-refractivity contribution in [3.05, 3.63) is 29.3 Å². The SMILES string of the molecule is Cc1cccc2c1N(C)C(=O)CC2CC(=O)O. The van der Waals surface area contributed by atoms with Gasteiger partial charge in [-0.25, -0.2) is 0 Å². The number of benzene rings is 1. The maximum absolute atomic E-state index is 11.8. The number of anilines is 1. The van der Waals surface area contributed by atoms with E-state index in [1.165, 1.54) is 0 Å². The quantitative estimate of drug-likeness (QED) is 0.849. The van der Waals surface area contributed by atoms with Gasteiger partial charge in [0.2, 0.25) is 5.91 Å². The fourth-order valence-corrected chi connectivity index (χ4v) is 2.44. The number of aliphatic carboxylic acids is 1. The first kappa shape index (κ1) is 11.6. The summed E-state index contributed by atoms with van der Waals surface area (Å²) < 4.78 is 0. The number of rotatable bonds is 2. The van der Waals surface area contributed by atoms with Crippen molar-refractivity contribution in [2.45, 2.75) is 25.7 Å². The lowest BCUT2D eigenvalue weighted by molar-refractivity contribution is -0.137. The van der Waals surface area contributed by atoms with Crippen LogP contribution in [0.5, 0.6) is 0 Å². The van der Waals surface area contributed by atoms with E-state index in [0.29, 0.717) is 0 Å². The van der Waals surface area contributed by atoms with Gasteiger partial charge in [0.05, 0.1) is 6.42 Å². The Morgan fingerprint density at radius 3 is 2.88 bits per heavy atom. The van der Waals surface area contributed by atoms with Crippen LogP contribution >= 0.6 is 0 Å². The summed E-state index contributed by atoms with van der Waals surface area (Å²) in [6.07, 6.45) is 0.287. The number of carbonyl (C=O) groups is 2. The number of para-hydroxylation sites is 1. The minimum absolute atomic E-state index is 0.00995. The molecule has 4 nitrogen and oxygen atoms in total. The molecule has 1 N–H and O–H groups in total. The number of carbonyl (C=O) groups excluding carboxylic acids is 1. The minimum Gasteiger partial charge on any atom is -0.481 e. The first-order valence-electron chi connectivity index (χ1n) is 5.58. The molecule has 1 aliphatic rings. The summed E-state index contributed by atoms with van der Waals surface area (Å²) in [6, 6.07) is 5.76. The lowest BCUT2D eigenvalue weighted by Crippen LogP contribution is -2.34. The van der Waals surface area contributed by atoms with E-state index in [2.05, 4.69) is 0 Å². The van der Waals surface area contributed by atoms with Gasteiger partial charge in [0, 0.05) is 25.1 Å². The normalized spacial score (nSPS) is 19.1. The molecule has 17 heavy (non-hydrogen) atoms. The Bertz CT molecular complexity index is 482. The van der Waals surface area contributed by atoms with Crippen molar-refractivity contribution in [3.63, 3.8) is 0 Å². The standard InChI is InChI=1S/C13H15NO3/c1-8-4-3-5-10-9(7-12(16)17)6-11(15)14(2)13(8)10/h3-5,9H,6-7H2,1-2H3,(H,16,17). The molecular weight excluding hydrogens is 218 g/mol. The van der Waals surface area contributed by atoms with Crippen molar-refractivity contribution in [1.82, 2.24) is 0 Å². The predicted molar refractivity (Wildman–Crippen MR) is 64.2 cm³/mol. The summed E-state index contributed by atoms with van der Waals surface area (Å²) in [5.74, 6) is -1.08. The van der Waals surface area contributed by atoms with E-state index in [9.17, 15) is 9.59 Å². The molecular formula is C13H15NO3. The number of amides is 1. The molecule has 1 aromatic rings. The summed E-state index contributed by atoms with van der Waals surface area (Å²) in [4.78, 5) is 24.3. The Hall–Kier alpha value is -1.84. The monoisotopic (exact) mass is 233 g/mol. The Kier molecular flexibility index (Phi) is 2.88. The maximum atomic E-state index is 11.8. The number of carboxylic acids is 1. The Labute approximate surface area is 99.9 Å². The number of hydrogen-bond donors (Lipinski definition) is 1. The van der Waals surface area contributed by atoms with Crippen LogP contribution in [0.15, 0.2) is 18.2 Å². The van der Waals surface area contributed by atoms with Crippen LogP contribution < -0.4 is 4.90 Å². The molecule has 1 unspecified atom stereocenters. The highest BCUT2D eigenvalue weighted by Gasteiger charge is 2.31. The number of fused-ring (bicyclic) bond motifs is 1. The summed E-state index contributed by atoms with van der Waals surface area (Å²) in [6.45, 7) is 1.94. The highest BCUT2D eigenvalue weighted by atomic mass is 16.4. The van der Waals surface area contributed by atoms with Gasteiger partial charge in [0.15, 0.2) is 0 Å². The number of carboxylic acid groups (broad SMARTS) is 1. The maximum Gasteiger partial charge on any atom is 0.303 e. The summed E-state index contributed by atoms with van der Waals surface area (Å²) in [5, 5.41) is 8.89. The Balaban J connectivity index is 2.49. The van der Waals surface area contributed by atoms with Gasteiger partial charge in [-0.1, -0.05) is 18.2 Å². The van der Waals surface area contributed by atoms with Crippen LogP contribution in [0.2, 0.25) is 0 Å². The molecule has 1 aromatic carbocycles. The van der Waals surface area contributed by atoms with E-state index < -0.39 is 5.97 Å². The van der Waals surface area contributed by atoms with Crippen LogP contribution in [-0.4, -0.2) is 24.0 Å². The molecule has 0 saturated carbocycles. The van der Waals surface area contributed by atoms with Crippen LogP contribution in [0, 0.1) is 6.92 Å². The van der Waals surface area contributed by atoms with Gasteiger partial charge in [-0.3, -0.25) is 9.59 Å². The van der Waals surface area contributed by atoms with Crippen LogP contribution in [0.4, 0.5) is 5.69 Å². The molecule has 0 aliphatic carbocycles. The van der Waals surface area contributed by atoms with Gasteiger partial charge in [0.25, 0.3) is 0 Å². The van der Waals surface area contributed by atoms with Crippen molar-refractivity contribution >= 4 is 17.6 Å². The number of aryl methyl sites for hydroxylation is 1. The molecule has 0 aromatic heterocycles. The first-order valence-corrected chi connectivity index (χ1v) is 5.58. The van der Waals surface area contributed by atoms with Gasteiger partial charge in [-0.2, -0.15) is 0 Å². The van der Waals surface area contributed by atoms with E-state index in [1.807, 2.05) is 25.1 Å². The Morgan fingerprint density at radius 1 is 1.53 bits per heavy atom. The molecule has 0 saturated heterocycles. The molecule has 0 radical (unpaired) electrons. The van der Waals surface area contributed by atoms with Crippen molar-refractivity contribution in [3.8, 4) is 0 Å². The van der Waals surface area contributed by atoms with E-state index in [1.54, 1.807) is 11.9 Å². The van der Waals surface area contributed by atoms with Crippen molar-refractivity contribution in [1.29, 1.82) is 0 Å². The molecule has 1 aliphatic heterocycles. The third kappa shape index (κ3) is 2.02. The zero-order chi connectivity index (χ0) is 12.6. The second kappa shape index (κ2) is 4.20. The second-order valence-corrected chi connectivity index (χ2v) is 4.46. The predicted octanol–water partition coefficient (Wildman–Crippen LogP) is 1.92. The van der Waals surface area contributed by atoms with Gasteiger partial charge in [0.1, 0.15) is 0 Å². The number of hydrogen-bond acceptors (Lipinski definition) is 2. The molecule has 90 valence electrons. The molecule has 1 amide bonds. The molecule has 0 spiro atoms. The van der Waals surface area contributed by atoms with Crippen molar-refractivity contribution < 1.29 is 14.7 Å². The average molecular weight is 233 g/mol. The molecule has 1 heterocycles. The summed E-state index contributed by atoms with van der Waals surface area (Å²) in [5.41, 5.74) is 2.85. The van der Waals surface area contributed by atoms with Crippen LogP contribution in [-0.2, 0) is 9.59 Å². The molecule has 0 fully saturated rings. The summed E-state index contributed by atoms with van der Waals surface area (Å²) in [7, 11) is 1.74. The zero-order valence-corrected chi connectivity index (χ0v) is 9.93. The van der Waals surface area contributed by atoms with E-state index >= 15 is 0 Å². The summed E-state index contributed by atoms with van der Waals surface area (Å²) >= 11 is 0. The van der Waals surface area contributed by atoms with Crippen molar-refractivity contribution in [2.24, 2.45) is 0 Å². The molecule has 1 atom stereocenters. The Morgan fingerprint density at radius 2 is 2.24 bits per heavy atom. The highest BCUT2D eigenvalue weighted by Crippen LogP contribution is 2.38. The molecule has 4 heteroatoms. The van der Waals surface area contributed by atoms with Crippen LogP contribution in [0.3, 0.4) is 0 Å². The van der Waals surface area contributed by atoms with E-state index in [-0.39, 0.29) is 24.7 Å². The topological polar surface area (TPSA) is 57.6 Å². The lowest BCUT2D eigenvalue weighted by Gasteiger charge is -2.32. The van der Waals surface area contributed by atoms with Gasteiger partial charge in [-0.05, 0) is 18.1 Å². The van der Waals surface area contributed by atoms with E-state index in [4.69, 9.17) is 5.11 Å². The smallest absolute Gasteiger partial charge is 0.303 e. The minimum atomic E-state index is -0.861. The van der Waals surface area contributed by atoms with Gasteiger partial charge >= 0.3 is 5.97 Å². The van der Waals surface area contributed by atoms with Crippen LogP contribution in [0.25, 0.3) is 0 Å². The fraction of sp³-hybridized carbons (Fsp3) is 0.385. The van der Waals surface area contributed by atoms with Crippen molar-refractivity contribution in [2.75, 3.05) is 11.9 Å². The third-order valence-corrected chi connectivity index (χ3v) is 3.26. The van der Waals surface area contributed by atoms with Gasteiger partial charge in [-0.15, -0.1) is 0 Å². The van der Waals surface area contributed by atoms with E-state index in [0.717, 1.165) is 16.8 Å². The lowest BCUT2D eigenvalue weighted by atomic mass is 9.86. The fourth-order valence-electron chi connectivity index (χ4n) is 2.44. The molecule has 2 rings (SSSR count). The second-order valence-electron chi connectivity index (χ2n) is 4.46. The highest BCUT2D eigenvalue weighted by molar-refractivity contribution is 5.98. The first-order chi connectivity index (χ1) is 8.00. The van der Waals surface area contributed by atoms with Crippen LogP contribution in [0.1, 0.15) is 29.9 Å². The average Bonchev–Trinajstić information content (AvgIpc) is 2.24.